The van der Waals surface area contributed by atoms with Crippen molar-refractivity contribution >= 4 is 17.7 Å². The zero-order chi connectivity index (χ0) is 33.2. The van der Waals surface area contributed by atoms with Crippen molar-refractivity contribution in [1.29, 1.82) is 0 Å². The zero-order valence-electron chi connectivity index (χ0n) is 26.2. The molecule has 8 unspecified atom stereocenters. The van der Waals surface area contributed by atoms with Crippen LogP contribution < -0.4 is 0 Å². The first kappa shape index (κ1) is 32.1. The molecular formula is C32H42O14. The second-order valence-electron chi connectivity index (χ2n) is 14.9. The lowest BCUT2D eigenvalue weighted by molar-refractivity contribution is -0.328. The maximum absolute atomic E-state index is 14.7. The highest BCUT2D eigenvalue weighted by Gasteiger charge is 2.88. The third kappa shape index (κ3) is 3.89. The van der Waals surface area contributed by atoms with Crippen LogP contribution in [0.2, 0.25) is 0 Å². The number of aliphatic hydroxyl groups excluding tert-OH is 4. The van der Waals surface area contributed by atoms with Crippen molar-refractivity contribution in [2.75, 3.05) is 13.2 Å². The number of furan rings is 1. The largest absolute Gasteiger partial charge is 0.479 e. The van der Waals surface area contributed by atoms with Gasteiger partial charge in [-0.25, -0.2) is 4.79 Å². The van der Waals surface area contributed by atoms with E-state index >= 15 is 0 Å². The quantitative estimate of drug-likeness (QED) is 0.209. The molecule has 5 heterocycles. The van der Waals surface area contributed by atoms with Gasteiger partial charge in [-0.15, -0.1) is 0 Å². The number of hydrogen-bond donors (Lipinski definition) is 5. The number of aliphatic carboxylic acids is 1. The van der Waals surface area contributed by atoms with Gasteiger partial charge in [0, 0.05) is 28.7 Å². The number of ketones is 1. The number of fused-ring (bicyclic) bond motifs is 2. The van der Waals surface area contributed by atoms with E-state index < -0.39 is 95.0 Å². The van der Waals surface area contributed by atoms with Crippen molar-refractivity contribution in [1.82, 2.24) is 0 Å². The molecule has 2 spiro atoms. The Labute approximate surface area is 264 Å². The average Bonchev–Trinajstić information content (AvgIpc) is 3.48. The summed E-state index contributed by atoms with van der Waals surface area (Å²) in [5.74, 6) is -2.60. The number of carboxylic acid groups (broad SMARTS) is 1. The summed E-state index contributed by atoms with van der Waals surface area (Å²) in [5, 5.41) is 52.1. The Hall–Kier alpha value is -2.43. The monoisotopic (exact) mass is 650 g/mol. The Balaban J connectivity index is 1.35. The van der Waals surface area contributed by atoms with Crippen LogP contribution >= 0.6 is 0 Å². The van der Waals surface area contributed by atoms with Crippen LogP contribution in [-0.2, 0) is 38.1 Å². The van der Waals surface area contributed by atoms with Gasteiger partial charge in [-0.2, -0.15) is 0 Å². The standard InChI is InChI=1S/C32H42O14/c1-28(2)17-9-18(34)30(4)16(31(17)13-42-20(35)10-19(31)45-28)5-7-29(3,32(30)25(46-32)26(39)40)24(14-6-8-41-12-14)44-27-23(38)22(37)21(36)15(11-33)43-27/h6,8,12,15-17,19,21-25,27,33,36-38H,5,7,9-11,13H2,1-4H3,(H,39,40)/t15?,16?,17?,19-,21?,22?,23?,24-,25?,27?,29-,30-,31+,32+/m0/s1. The van der Waals surface area contributed by atoms with Crippen LogP contribution in [0.3, 0.4) is 0 Å². The first-order valence-corrected chi connectivity index (χ1v) is 15.9. The number of carbonyl (C=O) groups excluding carboxylic acids is 2. The predicted octanol–water partition coefficient (Wildman–Crippen LogP) is 0.482. The number of hydrogen-bond acceptors (Lipinski definition) is 13. The molecule has 14 atom stereocenters. The third-order valence-corrected chi connectivity index (χ3v) is 12.6. The summed E-state index contributed by atoms with van der Waals surface area (Å²) in [7, 11) is 0. The van der Waals surface area contributed by atoms with E-state index in [0.29, 0.717) is 12.0 Å². The van der Waals surface area contributed by atoms with Crippen molar-refractivity contribution in [3.8, 4) is 0 Å². The van der Waals surface area contributed by atoms with E-state index in [1.165, 1.54) is 12.5 Å². The maximum atomic E-state index is 14.7. The molecule has 14 nitrogen and oxygen atoms in total. The summed E-state index contributed by atoms with van der Waals surface area (Å²) in [5.41, 5.74) is -5.40. The van der Waals surface area contributed by atoms with E-state index in [4.69, 9.17) is 28.1 Å². The summed E-state index contributed by atoms with van der Waals surface area (Å²) >= 11 is 0. The second kappa shape index (κ2) is 10.3. The molecular weight excluding hydrogens is 608 g/mol. The molecule has 0 aromatic carbocycles. The summed E-state index contributed by atoms with van der Waals surface area (Å²) in [6.07, 6.45) is -7.39. The SMILES string of the molecule is CC1(C)O[C@H]2CC(=O)OC[C@@]23C1CC(=O)[C@]1(C)C3CC[C@@](C)([C@@H](OC2OC(CO)C(O)C(O)C2O)c2ccoc2)[C@@]12OC2C(=O)O. The lowest BCUT2D eigenvalue weighted by Crippen LogP contribution is -2.72. The summed E-state index contributed by atoms with van der Waals surface area (Å²) < 4.78 is 36.1. The Kier molecular flexibility index (Phi) is 7.19. The first-order valence-electron chi connectivity index (χ1n) is 15.9. The van der Waals surface area contributed by atoms with E-state index in [2.05, 4.69) is 0 Å². The fourth-order valence-electron chi connectivity index (χ4n) is 10.5. The summed E-state index contributed by atoms with van der Waals surface area (Å²) in [6, 6.07) is 1.61. The highest BCUT2D eigenvalue weighted by atomic mass is 16.7. The van der Waals surface area contributed by atoms with Crippen LogP contribution in [0, 0.1) is 28.1 Å². The molecule has 6 fully saturated rings. The Morgan fingerprint density at radius 3 is 2.41 bits per heavy atom. The predicted molar refractivity (Wildman–Crippen MR) is 151 cm³/mol. The second-order valence-corrected chi connectivity index (χ2v) is 14.9. The molecule has 0 amide bonds. The number of Topliss-reactive ketones (excluding diaryl/α,β-unsaturated/α-hetero) is 1. The number of ether oxygens (including phenoxy) is 5. The normalized spacial score (nSPS) is 49.9. The first-order chi connectivity index (χ1) is 21.6. The Bertz CT molecular complexity index is 1410. The number of carbonyl (C=O) groups is 3. The topological polar surface area (TPSA) is 215 Å². The van der Waals surface area contributed by atoms with E-state index in [9.17, 15) is 39.9 Å². The summed E-state index contributed by atoms with van der Waals surface area (Å²) in [6.45, 7) is 6.73. The molecule has 0 radical (unpaired) electrons. The Morgan fingerprint density at radius 1 is 1.04 bits per heavy atom. The van der Waals surface area contributed by atoms with Crippen molar-refractivity contribution in [2.24, 2.45) is 28.1 Å². The minimum Gasteiger partial charge on any atom is -0.479 e. The van der Waals surface area contributed by atoms with Gasteiger partial charge in [-0.3, -0.25) is 9.59 Å². The molecule has 5 N–H and O–H groups in total. The van der Waals surface area contributed by atoms with Gasteiger partial charge in [0.15, 0.2) is 12.4 Å². The van der Waals surface area contributed by atoms with Gasteiger partial charge in [-0.1, -0.05) is 6.92 Å². The fourth-order valence-corrected chi connectivity index (χ4v) is 10.5. The van der Waals surface area contributed by atoms with Crippen molar-refractivity contribution in [3.63, 3.8) is 0 Å². The average molecular weight is 651 g/mol. The van der Waals surface area contributed by atoms with Crippen LogP contribution in [0.4, 0.5) is 0 Å². The number of carboxylic acids is 1. The fraction of sp³-hybridized carbons (Fsp3) is 0.781. The Morgan fingerprint density at radius 2 is 1.78 bits per heavy atom. The molecule has 14 heteroatoms. The molecule has 4 aliphatic heterocycles. The van der Waals surface area contributed by atoms with Crippen molar-refractivity contribution in [2.45, 2.75) is 114 Å². The van der Waals surface area contributed by atoms with E-state index in [1.807, 2.05) is 13.8 Å². The van der Waals surface area contributed by atoms with Crippen LogP contribution in [0.1, 0.15) is 65.0 Å². The molecule has 254 valence electrons. The third-order valence-electron chi connectivity index (χ3n) is 12.6. The zero-order valence-corrected chi connectivity index (χ0v) is 26.2. The molecule has 4 saturated heterocycles. The number of esters is 1. The number of cyclic esters (lactones) is 1. The van der Waals surface area contributed by atoms with Gasteiger partial charge < -0.3 is 53.6 Å². The molecule has 2 aliphatic carbocycles. The molecule has 7 rings (SSSR count). The smallest absolute Gasteiger partial charge is 0.335 e. The van der Waals surface area contributed by atoms with Gasteiger partial charge in [0.05, 0.1) is 48.8 Å². The van der Waals surface area contributed by atoms with Gasteiger partial charge in [0.25, 0.3) is 0 Å². The molecule has 2 saturated carbocycles. The molecule has 0 bridgehead atoms. The van der Waals surface area contributed by atoms with Gasteiger partial charge in [0.1, 0.15) is 42.4 Å². The summed E-state index contributed by atoms with van der Waals surface area (Å²) in [4.78, 5) is 40.1. The minimum absolute atomic E-state index is 0.0199. The van der Waals surface area contributed by atoms with E-state index in [1.54, 1.807) is 19.9 Å². The van der Waals surface area contributed by atoms with Crippen LogP contribution in [0.15, 0.2) is 23.0 Å². The van der Waals surface area contributed by atoms with Crippen LogP contribution in [-0.4, -0.2) is 111 Å². The molecule has 1 aromatic heterocycles. The van der Waals surface area contributed by atoms with Crippen LogP contribution in [0.25, 0.3) is 0 Å². The van der Waals surface area contributed by atoms with Crippen LogP contribution in [0.5, 0.6) is 0 Å². The molecule has 6 aliphatic rings. The molecule has 1 aromatic rings. The van der Waals surface area contributed by atoms with Crippen molar-refractivity contribution < 1.29 is 68.0 Å². The van der Waals surface area contributed by atoms with Gasteiger partial charge in [-0.05, 0) is 45.6 Å². The van der Waals surface area contributed by atoms with Gasteiger partial charge >= 0.3 is 11.9 Å². The highest BCUT2D eigenvalue weighted by Crippen LogP contribution is 2.78. The van der Waals surface area contributed by atoms with E-state index in [-0.39, 0.29) is 43.5 Å². The maximum Gasteiger partial charge on any atom is 0.335 e. The lowest BCUT2D eigenvalue weighted by atomic mass is 9.37. The number of rotatable bonds is 6. The lowest BCUT2D eigenvalue weighted by Gasteiger charge is -2.64. The number of aliphatic hydroxyl groups is 4. The van der Waals surface area contributed by atoms with E-state index in [0.717, 1.165) is 0 Å². The number of epoxide rings is 1. The van der Waals surface area contributed by atoms with Gasteiger partial charge in [0.2, 0.25) is 0 Å². The molecule has 46 heavy (non-hydrogen) atoms. The van der Waals surface area contributed by atoms with Crippen molar-refractivity contribution in [3.05, 3.63) is 24.2 Å². The highest BCUT2D eigenvalue weighted by molar-refractivity contribution is 5.92. The minimum atomic E-state index is -1.74.